The molecule has 2 saturated heterocycles. The van der Waals surface area contributed by atoms with Gasteiger partial charge in [0.05, 0.1) is 51.2 Å². The number of rotatable bonds is 8. The van der Waals surface area contributed by atoms with Gasteiger partial charge in [0, 0.05) is 62.6 Å². The molecule has 7 aliphatic rings. The van der Waals surface area contributed by atoms with Crippen molar-refractivity contribution in [2.75, 3.05) is 92.1 Å². The zero-order valence-corrected chi connectivity index (χ0v) is 44.3. The number of amides is 2. The molecule has 3 fully saturated rings. The predicted molar refractivity (Wildman–Crippen MR) is 302 cm³/mol. The van der Waals surface area contributed by atoms with Crippen LogP contribution < -0.4 is 40.5 Å². The van der Waals surface area contributed by atoms with Gasteiger partial charge in [-0.2, -0.15) is 10.2 Å². The molecule has 6 aliphatic heterocycles. The smallest absolute Gasteiger partial charge is 0.258 e. The zero-order valence-electron chi connectivity index (χ0n) is 42.6. The van der Waals surface area contributed by atoms with Gasteiger partial charge in [0.1, 0.15) is 23.5 Å². The van der Waals surface area contributed by atoms with Crippen molar-refractivity contribution in [3.8, 4) is 17.4 Å². The molecule has 1 aliphatic carbocycles. The summed E-state index contributed by atoms with van der Waals surface area (Å²) >= 11 is 3.22. The molecule has 7 N–H and O–H groups in total. The number of nitrogens with zero attached hydrogens (tertiary/aromatic N) is 6. The summed E-state index contributed by atoms with van der Waals surface area (Å²) in [7, 11) is 0. The number of fused-ring (bicyclic) bond motifs is 14. The molecule has 18 heteroatoms. The number of allylic oxidation sites excluding steroid dienone is 2. The average molecular weight is 1040 g/mol. The van der Waals surface area contributed by atoms with E-state index in [9.17, 15) is 20.0 Å². The highest BCUT2D eigenvalue weighted by molar-refractivity contribution is 8.02. The van der Waals surface area contributed by atoms with E-state index in [1.807, 2.05) is 30.3 Å². The summed E-state index contributed by atoms with van der Waals surface area (Å²) in [6.07, 6.45) is 20.3. The van der Waals surface area contributed by atoms with Crippen LogP contribution >= 0.6 is 23.9 Å². The van der Waals surface area contributed by atoms with Gasteiger partial charge in [-0.1, -0.05) is 49.6 Å². The Morgan fingerprint density at radius 3 is 2.19 bits per heavy atom. The number of aliphatic hydroxyl groups is 1. The molecule has 5 aromatic rings. The minimum Gasteiger partial charge on any atom is -0.463 e. The fourth-order valence-corrected chi connectivity index (χ4v) is 11.3. The van der Waals surface area contributed by atoms with Crippen LogP contribution in [0.15, 0.2) is 101 Å². The van der Waals surface area contributed by atoms with Crippen LogP contribution in [0.3, 0.4) is 0 Å². The number of furan rings is 1. The SMILES string of the molecule is C/C1=C/CCNc2nccc(n2)NC(=O)c2ccc(NSC3(CO)CC3)cc2N2CCC(C)(CC2)C1.CCSNc1ccc2c(c1)N1CCC(C/C=C/CCNc3nc(ccc3-c3occc3C#N)NC2=O)CC1. The summed E-state index contributed by atoms with van der Waals surface area (Å²) in [5.74, 6) is 3.64. The first kappa shape index (κ1) is 52.2. The summed E-state index contributed by atoms with van der Waals surface area (Å²) in [6.45, 7) is 12.0. The summed E-state index contributed by atoms with van der Waals surface area (Å²) in [5, 5.41) is 31.8. The lowest BCUT2D eigenvalue weighted by atomic mass is 9.75. The average Bonchev–Trinajstić information content (AvgIpc) is 4.05. The van der Waals surface area contributed by atoms with E-state index >= 15 is 0 Å². The number of aliphatic hydroxyl groups excluding tert-OH is 1. The van der Waals surface area contributed by atoms with Crippen LogP contribution in [0.25, 0.3) is 11.3 Å². The van der Waals surface area contributed by atoms with Crippen LogP contribution in [-0.2, 0) is 0 Å². The molecule has 0 spiro atoms. The Hall–Kier alpha value is -6.68. The number of nitriles is 1. The molecular formula is C56H68N12O4S2. The number of carbonyl (C=O) groups excluding carboxylic acids is 2. The first-order valence-electron chi connectivity index (χ1n) is 26.0. The van der Waals surface area contributed by atoms with Crippen molar-refractivity contribution in [2.24, 2.45) is 11.3 Å². The number of pyridine rings is 1. The van der Waals surface area contributed by atoms with Gasteiger partial charge in [-0.05, 0) is 155 Å². The van der Waals surface area contributed by atoms with Crippen LogP contribution in [0.1, 0.15) is 111 Å². The number of nitrogens with one attached hydrogen (secondary N) is 6. The number of carbonyl (C=O) groups is 2. The Kier molecular flexibility index (Phi) is 17.0. The van der Waals surface area contributed by atoms with Gasteiger partial charge in [0.2, 0.25) is 5.95 Å². The number of benzene rings is 2. The van der Waals surface area contributed by atoms with E-state index in [1.54, 1.807) is 48.3 Å². The van der Waals surface area contributed by atoms with E-state index in [-0.39, 0.29) is 28.6 Å². The maximum Gasteiger partial charge on any atom is 0.258 e. The molecule has 0 atom stereocenters. The van der Waals surface area contributed by atoms with Gasteiger partial charge in [-0.3, -0.25) is 9.59 Å². The molecule has 3 aromatic heterocycles. The van der Waals surface area contributed by atoms with E-state index in [4.69, 9.17) is 9.40 Å². The van der Waals surface area contributed by atoms with Crippen molar-refractivity contribution < 1.29 is 19.1 Å². The standard InChI is InChI=1S/C29H32N6O2S.C27H36N6O2S/c1-2-38-34-22-7-8-23-25(18-22)35-15-11-20(12-16-35)6-4-3-5-14-31-28-24(27-21(19-30)13-17-37-27)9-10-26(32-28)33-29(23)36;1-19-4-3-12-28-25-29-13-7-23(31-25)30-24(35)21-6-5-20(32-36-27(18-34)8-9-27)16-22(21)33-14-10-26(2,17-19)11-15-33/h3-4,7-10,13,17-18,20,34H,2,5-6,11-12,14-16H2,1H3,(H2,31,32,33,36);4-7,13,16,32,34H,3,8-12,14-15,17-18H2,1-2H3,(H2,28,29,30,31,35)/b4-3+;19-4-. The number of piperidine rings is 2. The van der Waals surface area contributed by atoms with Crippen LogP contribution in [0, 0.1) is 22.7 Å². The molecule has 2 amide bonds. The lowest BCUT2D eigenvalue weighted by molar-refractivity contribution is 0.101. The van der Waals surface area contributed by atoms with Crippen molar-refractivity contribution in [2.45, 2.75) is 89.7 Å². The van der Waals surface area contributed by atoms with E-state index in [0.29, 0.717) is 63.9 Å². The van der Waals surface area contributed by atoms with Crippen molar-refractivity contribution in [3.63, 3.8) is 0 Å². The summed E-state index contributed by atoms with van der Waals surface area (Å²) in [5.41, 5.74) is 7.84. The monoisotopic (exact) mass is 1040 g/mol. The number of aromatic nitrogens is 3. The molecule has 0 unspecified atom stereocenters. The topological polar surface area (TPSA) is 209 Å². The summed E-state index contributed by atoms with van der Waals surface area (Å²) in [6, 6.07) is 20.9. The first-order chi connectivity index (χ1) is 36.0. The normalized spacial score (nSPS) is 19.6. The molecule has 388 valence electrons. The van der Waals surface area contributed by atoms with Gasteiger partial charge in [0.15, 0.2) is 5.76 Å². The lowest BCUT2D eigenvalue weighted by Gasteiger charge is -2.41. The summed E-state index contributed by atoms with van der Waals surface area (Å²) < 4.78 is 12.4. The molecular weight excluding hydrogens is 969 g/mol. The fraction of sp³-hybridized carbons (Fsp3) is 0.429. The molecule has 0 radical (unpaired) electrons. The number of hydrogen-bond donors (Lipinski definition) is 7. The zero-order chi connectivity index (χ0) is 51.5. The summed E-state index contributed by atoms with van der Waals surface area (Å²) in [4.78, 5) is 45.2. The van der Waals surface area contributed by atoms with Crippen LogP contribution in [0.5, 0.6) is 0 Å². The van der Waals surface area contributed by atoms with E-state index in [2.05, 4.69) is 108 Å². The van der Waals surface area contributed by atoms with Crippen molar-refractivity contribution in [3.05, 3.63) is 114 Å². The van der Waals surface area contributed by atoms with Crippen LogP contribution in [0.2, 0.25) is 0 Å². The molecule has 2 aromatic carbocycles. The van der Waals surface area contributed by atoms with Gasteiger partial charge in [-0.25, -0.2) is 9.97 Å². The highest BCUT2D eigenvalue weighted by Gasteiger charge is 2.43. The number of hydrogen-bond acceptors (Lipinski definition) is 16. The van der Waals surface area contributed by atoms with E-state index < -0.39 is 0 Å². The molecule has 12 rings (SSSR count). The van der Waals surface area contributed by atoms with Crippen molar-refractivity contribution in [1.29, 1.82) is 5.26 Å². The molecule has 9 heterocycles. The van der Waals surface area contributed by atoms with Crippen LogP contribution in [-0.4, -0.2) is 88.2 Å². The first-order valence-corrected chi connectivity index (χ1v) is 27.8. The van der Waals surface area contributed by atoms with Gasteiger partial charge in [0.25, 0.3) is 11.8 Å². The third-order valence-corrected chi connectivity index (χ3v) is 16.5. The Bertz CT molecular complexity index is 2880. The van der Waals surface area contributed by atoms with E-state index in [0.717, 1.165) is 125 Å². The number of anilines is 8. The fourth-order valence-electron chi connectivity index (χ4n) is 9.99. The predicted octanol–water partition coefficient (Wildman–Crippen LogP) is 11.6. The van der Waals surface area contributed by atoms with E-state index in [1.165, 1.54) is 11.8 Å². The molecule has 8 bridgehead atoms. The third kappa shape index (κ3) is 13.2. The maximum absolute atomic E-state index is 13.6. The quantitative estimate of drug-likeness (QED) is 0.0569. The molecule has 74 heavy (non-hydrogen) atoms. The Labute approximate surface area is 443 Å². The second kappa shape index (κ2) is 24.1. The van der Waals surface area contributed by atoms with Gasteiger partial charge < -0.3 is 50.0 Å². The third-order valence-electron chi connectivity index (χ3n) is 14.5. The highest BCUT2D eigenvalue weighted by Crippen LogP contribution is 2.48. The largest absolute Gasteiger partial charge is 0.463 e. The second-order valence-electron chi connectivity index (χ2n) is 20.2. The second-order valence-corrected chi connectivity index (χ2v) is 22.5. The Morgan fingerprint density at radius 1 is 0.824 bits per heavy atom. The lowest BCUT2D eigenvalue weighted by Crippen LogP contribution is -2.39. The van der Waals surface area contributed by atoms with Crippen molar-refractivity contribution >= 4 is 81.9 Å². The maximum atomic E-state index is 13.6. The molecule has 1 saturated carbocycles. The van der Waals surface area contributed by atoms with Crippen LogP contribution in [0.4, 0.5) is 46.2 Å². The van der Waals surface area contributed by atoms with Gasteiger partial charge >= 0.3 is 0 Å². The Morgan fingerprint density at radius 2 is 1.50 bits per heavy atom. The van der Waals surface area contributed by atoms with Crippen molar-refractivity contribution in [1.82, 2.24) is 15.0 Å². The van der Waals surface area contributed by atoms with Gasteiger partial charge in [-0.15, -0.1) is 0 Å². The Balaban J connectivity index is 0.000000182. The molecule has 16 nitrogen and oxygen atoms in total. The minimum atomic E-state index is -0.204. The highest BCUT2D eigenvalue weighted by atomic mass is 32.2. The minimum absolute atomic E-state index is 0.0724.